The summed E-state index contributed by atoms with van der Waals surface area (Å²) in [5.41, 5.74) is 4.31. The number of aromatic nitrogens is 2. The molecule has 0 aliphatic heterocycles. The van der Waals surface area contributed by atoms with Gasteiger partial charge in [0, 0.05) is 9.26 Å². The molecule has 1 amide bonds. The highest BCUT2D eigenvalue weighted by Crippen LogP contribution is 2.15. The summed E-state index contributed by atoms with van der Waals surface area (Å²) in [4.78, 5) is 24.9. The SMILES string of the molecule is CC(=NNC(=O)c1ccccc1O)c1c(C)[nH]n(-c2ccc(I)cc2)c1=O. The number of benzene rings is 2. The Balaban J connectivity index is 1.89. The number of aromatic amines is 1. The molecule has 0 saturated heterocycles. The van der Waals surface area contributed by atoms with Crippen LogP contribution in [0.15, 0.2) is 58.4 Å². The molecule has 7 nitrogen and oxygen atoms in total. The number of hydrazone groups is 1. The maximum atomic E-state index is 12.8. The van der Waals surface area contributed by atoms with E-state index in [9.17, 15) is 14.7 Å². The van der Waals surface area contributed by atoms with E-state index < -0.39 is 5.91 Å². The van der Waals surface area contributed by atoms with E-state index in [0.29, 0.717) is 22.7 Å². The topological polar surface area (TPSA) is 99.5 Å². The number of hydrogen-bond donors (Lipinski definition) is 3. The van der Waals surface area contributed by atoms with E-state index in [1.807, 2.05) is 24.3 Å². The summed E-state index contributed by atoms with van der Waals surface area (Å²) >= 11 is 2.20. The molecule has 3 rings (SSSR count). The lowest BCUT2D eigenvalue weighted by Gasteiger charge is -2.03. The second-order valence-electron chi connectivity index (χ2n) is 5.88. The zero-order valence-corrected chi connectivity index (χ0v) is 16.8. The van der Waals surface area contributed by atoms with Gasteiger partial charge in [0.1, 0.15) is 5.75 Å². The molecule has 3 N–H and O–H groups in total. The monoisotopic (exact) mass is 476 g/mol. The smallest absolute Gasteiger partial charge is 0.280 e. The molecule has 2 aromatic carbocycles. The maximum absolute atomic E-state index is 12.8. The molecular weight excluding hydrogens is 459 g/mol. The Bertz CT molecular complexity index is 1080. The van der Waals surface area contributed by atoms with Crippen LogP contribution in [0.5, 0.6) is 5.75 Å². The standard InChI is InChI=1S/C19H17IN4O3/c1-11(21-22-18(26)15-5-3-4-6-16(15)25)17-12(2)23-24(19(17)27)14-9-7-13(20)8-10-14/h3-10,23,25H,1-2H3,(H,22,26). The number of aryl methyl sites for hydroxylation is 1. The van der Waals surface area contributed by atoms with Crippen molar-refractivity contribution in [3.8, 4) is 11.4 Å². The minimum Gasteiger partial charge on any atom is -0.507 e. The average molecular weight is 476 g/mol. The summed E-state index contributed by atoms with van der Waals surface area (Å²) in [6, 6.07) is 13.7. The molecule has 0 aliphatic carbocycles. The average Bonchev–Trinajstić information content (AvgIpc) is 2.95. The lowest BCUT2D eigenvalue weighted by Crippen LogP contribution is -2.23. The Morgan fingerprint density at radius 1 is 1.19 bits per heavy atom. The van der Waals surface area contributed by atoms with Crippen molar-refractivity contribution in [2.75, 3.05) is 0 Å². The molecule has 0 atom stereocenters. The highest BCUT2D eigenvalue weighted by Gasteiger charge is 2.16. The van der Waals surface area contributed by atoms with Gasteiger partial charge < -0.3 is 5.11 Å². The van der Waals surface area contributed by atoms with Crippen molar-refractivity contribution in [2.45, 2.75) is 13.8 Å². The second kappa shape index (κ2) is 7.78. The molecule has 0 radical (unpaired) electrons. The highest BCUT2D eigenvalue weighted by atomic mass is 127. The summed E-state index contributed by atoms with van der Waals surface area (Å²) in [5, 5.41) is 16.8. The molecule has 0 bridgehead atoms. The number of H-pyrrole nitrogens is 1. The molecule has 0 fully saturated rings. The number of hydrogen-bond acceptors (Lipinski definition) is 4. The van der Waals surface area contributed by atoms with Crippen molar-refractivity contribution in [3.63, 3.8) is 0 Å². The summed E-state index contributed by atoms with van der Waals surface area (Å²) in [6.07, 6.45) is 0. The van der Waals surface area contributed by atoms with Crippen LogP contribution in [0.4, 0.5) is 0 Å². The van der Waals surface area contributed by atoms with Crippen molar-refractivity contribution in [1.29, 1.82) is 0 Å². The van der Waals surface area contributed by atoms with Crippen LogP contribution in [-0.2, 0) is 0 Å². The Morgan fingerprint density at radius 3 is 2.52 bits per heavy atom. The van der Waals surface area contributed by atoms with Gasteiger partial charge in [-0.2, -0.15) is 5.10 Å². The summed E-state index contributed by atoms with van der Waals surface area (Å²) in [6.45, 7) is 3.41. The number of aromatic hydroxyl groups is 1. The van der Waals surface area contributed by atoms with Crippen LogP contribution < -0.4 is 11.0 Å². The molecule has 0 unspecified atom stereocenters. The minimum absolute atomic E-state index is 0.108. The number of nitrogens with zero attached hydrogens (tertiary/aromatic N) is 2. The van der Waals surface area contributed by atoms with E-state index >= 15 is 0 Å². The number of para-hydroxylation sites is 1. The van der Waals surface area contributed by atoms with Crippen LogP contribution in [0.3, 0.4) is 0 Å². The number of carbonyl (C=O) groups is 1. The summed E-state index contributed by atoms with van der Waals surface area (Å²) < 4.78 is 2.50. The van der Waals surface area contributed by atoms with Crippen molar-refractivity contribution in [1.82, 2.24) is 15.2 Å². The molecule has 8 heteroatoms. The quantitative estimate of drug-likeness (QED) is 0.307. The zero-order valence-electron chi connectivity index (χ0n) is 14.7. The second-order valence-corrected chi connectivity index (χ2v) is 7.13. The normalized spacial score (nSPS) is 11.4. The number of phenolic OH excluding ortho intramolecular Hbond substituents is 1. The lowest BCUT2D eigenvalue weighted by atomic mass is 10.2. The zero-order chi connectivity index (χ0) is 19.6. The first-order valence-corrected chi connectivity index (χ1v) is 9.17. The molecular formula is C19H17IN4O3. The first-order valence-electron chi connectivity index (χ1n) is 8.09. The fourth-order valence-corrected chi connectivity index (χ4v) is 3.02. The van der Waals surface area contributed by atoms with Gasteiger partial charge in [0.2, 0.25) is 0 Å². The van der Waals surface area contributed by atoms with Crippen molar-refractivity contribution >= 4 is 34.2 Å². The fraction of sp³-hybridized carbons (Fsp3) is 0.105. The predicted octanol–water partition coefficient (Wildman–Crippen LogP) is 2.94. The number of halogens is 1. The van der Waals surface area contributed by atoms with E-state index in [-0.39, 0.29) is 16.9 Å². The van der Waals surface area contributed by atoms with Crippen LogP contribution in [0.2, 0.25) is 0 Å². The first-order chi connectivity index (χ1) is 12.9. The lowest BCUT2D eigenvalue weighted by molar-refractivity contribution is 0.0952. The van der Waals surface area contributed by atoms with Crippen molar-refractivity contribution in [2.24, 2.45) is 5.10 Å². The van der Waals surface area contributed by atoms with Crippen LogP contribution in [-0.4, -0.2) is 26.5 Å². The van der Waals surface area contributed by atoms with Crippen LogP contribution in [0.1, 0.15) is 28.5 Å². The third-order valence-electron chi connectivity index (χ3n) is 3.99. The molecule has 3 aromatic rings. The van der Waals surface area contributed by atoms with Crippen molar-refractivity contribution < 1.29 is 9.90 Å². The number of nitrogens with one attached hydrogen (secondary N) is 2. The van der Waals surface area contributed by atoms with E-state index in [4.69, 9.17) is 0 Å². The Hall–Kier alpha value is -2.88. The van der Waals surface area contributed by atoms with E-state index in [1.165, 1.54) is 16.8 Å². The maximum Gasteiger partial charge on any atom is 0.280 e. The predicted molar refractivity (Wildman–Crippen MR) is 112 cm³/mol. The van der Waals surface area contributed by atoms with Gasteiger partial charge in [0.25, 0.3) is 11.5 Å². The molecule has 0 spiro atoms. The van der Waals surface area contributed by atoms with Crippen LogP contribution >= 0.6 is 22.6 Å². The van der Waals surface area contributed by atoms with Gasteiger partial charge in [0.15, 0.2) is 0 Å². The third-order valence-corrected chi connectivity index (χ3v) is 4.71. The molecule has 1 heterocycles. The molecule has 138 valence electrons. The first kappa shape index (κ1) is 18.9. The third kappa shape index (κ3) is 3.95. The van der Waals surface area contributed by atoms with E-state index in [2.05, 4.69) is 38.2 Å². The van der Waals surface area contributed by atoms with Crippen molar-refractivity contribution in [3.05, 3.63) is 79.3 Å². The summed E-state index contributed by atoms with van der Waals surface area (Å²) in [7, 11) is 0. The van der Waals surface area contributed by atoms with Crippen LogP contribution in [0.25, 0.3) is 5.69 Å². The minimum atomic E-state index is -0.557. The Kier molecular flexibility index (Phi) is 5.45. The van der Waals surface area contributed by atoms with Gasteiger partial charge in [-0.25, -0.2) is 10.1 Å². The van der Waals surface area contributed by atoms with E-state index in [1.54, 1.807) is 26.0 Å². The largest absolute Gasteiger partial charge is 0.507 e. The van der Waals surface area contributed by atoms with Gasteiger partial charge in [-0.1, -0.05) is 12.1 Å². The summed E-state index contributed by atoms with van der Waals surface area (Å²) in [5.74, 6) is -0.694. The molecule has 1 aromatic heterocycles. The van der Waals surface area contributed by atoms with E-state index in [0.717, 1.165) is 3.57 Å². The Morgan fingerprint density at radius 2 is 1.85 bits per heavy atom. The van der Waals surface area contributed by atoms with Gasteiger partial charge in [0.05, 0.1) is 22.5 Å². The van der Waals surface area contributed by atoms with Gasteiger partial charge in [-0.15, -0.1) is 0 Å². The van der Waals surface area contributed by atoms with Crippen LogP contribution in [0, 0.1) is 10.5 Å². The van der Waals surface area contributed by atoms with Gasteiger partial charge >= 0.3 is 0 Å². The fourth-order valence-electron chi connectivity index (χ4n) is 2.66. The van der Waals surface area contributed by atoms with Gasteiger partial charge in [-0.05, 0) is 72.8 Å². The molecule has 0 saturated carbocycles. The number of rotatable bonds is 4. The Labute approximate surface area is 168 Å². The molecule has 0 aliphatic rings. The number of phenols is 1. The molecule has 27 heavy (non-hydrogen) atoms. The number of amides is 1. The highest BCUT2D eigenvalue weighted by molar-refractivity contribution is 14.1. The number of carbonyl (C=O) groups excluding carboxylic acids is 1. The van der Waals surface area contributed by atoms with Gasteiger partial charge in [-0.3, -0.25) is 14.7 Å².